The Morgan fingerprint density at radius 3 is 2.45 bits per heavy atom. The molecule has 0 saturated heterocycles. The largest absolute Gasteiger partial charge is 0.497 e. The first-order valence-electron chi connectivity index (χ1n) is 6.44. The Hall–Kier alpha value is -1.23. The van der Waals surface area contributed by atoms with Crippen LogP contribution in [0.2, 0.25) is 4.34 Å². The molecule has 1 aromatic carbocycles. The third kappa shape index (κ3) is 4.40. The fraction of sp³-hybridized carbons (Fsp3) is 0.333. The van der Waals surface area contributed by atoms with Gasteiger partial charge in [-0.05, 0) is 43.3 Å². The Morgan fingerprint density at radius 1 is 1.15 bits per heavy atom. The highest BCUT2D eigenvalue weighted by atomic mass is 35.5. The summed E-state index contributed by atoms with van der Waals surface area (Å²) in [6.45, 7) is 3.52. The Bertz CT molecular complexity index is 527. The van der Waals surface area contributed by atoms with E-state index in [0.717, 1.165) is 22.4 Å². The van der Waals surface area contributed by atoms with Crippen LogP contribution in [0.25, 0.3) is 0 Å². The van der Waals surface area contributed by atoms with Crippen molar-refractivity contribution in [2.45, 2.75) is 13.0 Å². The molecule has 20 heavy (non-hydrogen) atoms. The highest BCUT2D eigenvalue weighted by Gasteiger charge is 2.07. The predicted molar refractivity (Wildman–Crippen MR) is 84.2 cm³/mol. The van der Waals surface area contributed by atoms with Gasteiger partial charge in [0.1, 0.15) is 18.1 Å². The van der Waals surface area contributed by atoms with Crippen LogP contribution < -0.4 is 14.8 Å². The number of thiophene rings is 1. The van der Waals surface area contributed by atoms with E-state index in [1.165, 1.54) is 4.88 Å². The third-order valence-corrected chi connectivity index (χ3v) is 4.32. The van der Waals surface area contributed by atoms with Crippen molar-refractivity contribution in [1.82, 2.24) is 5.32 Å². The lowest BCUT2D eigenvalue weighted by Crippen LogP contribution is -2.23. The molecule has 0 saturated carbocycles. The number of benzene rings is 1. The summed E-state index contributed by atoms with van der Waals surface area (Å²) in [5.74, 6) is 1.68. The number of methoxy groups -OCH3 is 1. The standard InChI is InChI=1S/C15H18ClNO2S/c1-11(14-7-8-15(16)20-14)17-9-10-19-13-5-3-12(18-2)4-6-13/h3-8,11,17H,9-10H2,1-2H3. The third-order valence-electron chi connectivity index (χ3n) is 2.90. The van der Waals surface area contributed by atoms with Crippen molar-refractivity contribution in [2.24, 2.45) is 0 Å². The monoisotopic (exact) mass is 311 g/mol. The van der Waals surface area contributed by atoms with Crippen molar-refractivity contribution < 1.29 is 9.47 Å². The minimum absolute atomic E-state index is 0.284. The van der Waals surface area contributed by atoms with Crippen LogP contribution in [-0.2, 0) is 0 Å². The van der Waals surface area contributed by atoms with Gasteiger partial charge in [0.2, 0.25) is 0 Å². The summed E-state index contributed by atoms with van der Waals surface area (Å²) in [6.07, 6.45) is 0. The maximum Gasteiger partial charge on any atom is 0.119 e. The molecule has 0 aliphatic rings. The molecule has 108 valence electrons. The SMILES string of the molecule is COc1ccc(OCCNC(C)c2ccc(Cl)s2)cc1. The zero-order chi connectivity index (χ0) is 14.4. The second-order valence-electron chi connectivity index (χ2n) is 4.34. The molecule has 0 fully saturated rings. The molecule has 1 N–H and O–H groups in total. The topological polar surface area (TPSA) is 30.5 Å². The van der Waals surface area contributed by atoms with Gasteiger partial charge in [-0.15, -0.1) is 11.3 Å². The van der Waals surface area contributed by atoms with Crippen molar-refractivity contribution >= 4 is 22.9 Å². The number of hydrogen-bond donors (Lipinski definition) is 1. The van der Waals surface area contributed by atoms with Crippen molar-refractivity contribution in [3.05, 3.63) is 45.6 Å². The average Bonchev–Trinajstić information content (AvgIpc) is 2.91. The van der Waals surface area contributed by atoms with E-state index in [-0.39, 0.29) is 6.04 Å². The molecule has 1 aromatic heterocycles. The van der Waals surface area contributed by atoms with Crippen LogP contribution in [0.1, 0.15) is 17.8 Å². The number of ether oxygens (including phenoxy) is 2. The fourth-order valence-corrected chi connectivity index (χ4v) is 2.87. The summed E-state index contributed by atoms with van der Waals surface area (Å²) >= 11 is 7.53. The molecule has 0 spiro atoms. The molecular weight excluding hydrogens is 294 g/mol. The first kappa shape index (κ1) is 15.2. The summed E-state index contributed by atoms with van der Waals surface area (Å²) in [5.41, 5.74) is 0. The van der Waals surface area contributed by atoms with Gasteiger partial charge in [0.05, 0.1) is 11.4 Å². The highest BCUT2D eigenvalue weighted by Crippen LogP contribution is 2.26. The smallest absolute Gasteiger partial charge is 0.119 e. The molecule has 0 bridgehead atoms. The minimum Gasteiger partial charge on any atom is -0.497 e. The Morgan fingerprint density at radius 2 is 1.85 bits per heavy atom. The number of nitrogens with one attached hydrogen (secondary N) is 1. The zero-order valence-corrected chi connectivity index (χ0v) is 13.1. The maximum absolute atomic E-state index is 5.93. The Labute approximate surface area is 128 Å². The molecule has 0 aliphatic carbocycles. The van der Waals surface area contributed by atoms with Crippen LogP contribution in [0, 0.1) is 0 Å². The first-order chi connectivity index (χ1) is 9.69. The molecule has 0 amide bonds. The van der Waals surface area contributed by atoms with Gasteiger partial charge in [-0.3, -0.25) is 0 Å². The second-order valence-corrected chi connectivity index (χ2v) is 6.09. The molecule has 0 radical (unpaired) electrons. The molecule has 1 heterocycles. The van der Waals surface area contributed by atoms with Gasteiger partial charge in [-0.1, -0.05) is 11.6 Å². The van der Waals surface area contributed by atoms with E-state index in [4.69, 9.17) is 21.1 Å². The summed E-state index contributed by atoms with van der Waals surface area (Å²) in [7, 11) is 1.65. The van der Waals surface area contributed by atoms with E-state index >= 15 is 0 Å². The molecule has 5 heteroatoms. The molecular formula is C15H18ClNO2S. The lowest BCUT2D eigenvalue weighted by molar-refractivity contribution is 0.307. The van der Waals surface area contributed by atoms with Gasteiger partial charge in [-0.2, -0.15) is 0 Å². The number of rotatable bonds is 7. The zero-order valence-electron chi connectivity index (χ0n) is 11.6. The van der Waals surface area contributed by atoms with Crippen LogP contribution in [0.3, 0.4) is 0 Å². The van der Waals surface area contributed by atoms with E-state index < -0.39 is 0 Å². The van der Waals surface area contributed by atoms with Crippen molar-refractivity contribution in [2.75, 3.05) is 20.3 Å². The molecule has 3 nitrogen and oxygen atoms in total. The van der Waals surface area contributed by atoms with Gasteiger partial charge in [0.15, 0.2) is 0 Å². The van der Waals surface area contributed by atoms with E-state index in [1.54, 1.807) is 18.4 Å². The molecule has 2 rings (SSSR count). The van der Waals surface area contributed by atoms with E-state index in [1.807, 2.05) is 30.3 Å². The van der Waals surface area contributed by atoms with Gasteiger partial charge in [0.25, 0.3) is 0 Å². The van der Waals surface area contributed by atoms with E-state index in [9.17, 15) is 0 Å². The lowest BCUT2D eigenvalue weighted by atomic mass is 10.3. The van der Waals surface area contributed by atoms with Gasteiger partial charge >= 0.3 is 0 Å². The van der Waals surface area contributed by atoms with Crippen molar-refractivity contribution in [3.8, 4) is 11.5 Å². The van der Waals surface area contributed by atoms with Crippen LogP contribution in [0.5, 0.6) is 11.5 Å². The van der Waals surface area contributed by atoms with Gasteiger partial charge in [-0.25, -0.2) is 0 Å². The minimum atomic E-state index is 0.284. The average molecular weight is 312 g/mol. The predicted octanol–water partition coefficient (Wildman–Crippen LogP) is 4.14. The summed E-state index contributed by atoms with van der Waals surface area (Å²) in [5, 5.41) is 3.41. The summed E-state index contributed by atoms with van der Waals surface area (Å²) in [6, 6.07) is 11.8. The first-order valence-corrected chi connectivity index (χ1v) is 7.64. The van der Waals surface area contributed by atoms with E-state index in [0.29, 0.717) is 6.61 Å². The van der Waals surface area contributed by atoms with Gasteiger partial charge in [0, 0.05) is 17.5 Å². The lowest BCUT2D eigenvalue weighted by Gasteiger charge is -2.12. The Balaban J connectivity index is 1.70. The summed E-state index contributed by atoms with van der Waals surface area (Å²) in [4.78, 5) is 1.24. The normalized spacial score (nSPS) is 12.2. The quantitative estimate of drug-likeness (QED) is 0.780. The summed E-state index contributed by atoms with van der Waals surface area (Å²) < 4.78 is 11.6. The second kappa shape index (κ2) is 7.53. The number of hydrogen-bond acceptors (Lipinski definition) is 4. The van der Waals surface area contributed by atoms with Gasteiger partial charge < -0.3 is 14.8 Å². The van der Waals surface area contributed by atoms with Crippen molar-refractivity contribution in [1.29, 1.82) is 0 Å². The van der Waals surface area contributed by atoms with Crippen LogP contribution in [-0.4, -0.2) is 20.3 Å². The highest BCUT2D eigenvalue weighted by molar-refractivity contribution is 7.16. The van der Waals surface area contributed by atoms with Crippen LogP contribution >= 0.6 is 22.9 Å². The van der Waals surface area contributed by atoms with Crippen LogP contribution in [0.4, 0.5) is 0 Å². The molecule has 1 unspecified atom stereocenters. The fourth-order valence-electron chi connectivity index (χ4n) is 1.78. The molecule has 0 aliphatic heterocycles. The molecule has 2 aromatic rings. The Kier molecular flexibility index (Phi) is 5.71. The number of halogens is 1. The van der Waals surface area contributed by atoms with Crippen molar-refractivity contribution in [3.63, 3.8) is 0 Å². The van der Waals surface area contributed by atoms with E-state index in [2.05, 4.69) is 18.3 Å². The maximum atomic E-state index is 5.93. The molecule has 1 atom stereocenters. The van der Waals surface area contributed by atoms with Crippen LogP contribution in [0.15, 0.2) is 36.4 Å².